The molecule has 5 rings (SSSR count). The van der Waals surface area contributed by atoms with Crippen LogP contribution in [0.4, 0.5) is 0 Å². The van der Waals surface area contributed by atoms with E-state index < -0.39 is 11.9 Å². The van der Waals surface area contributed by atoms with E-state index in [0.717, 1.165) is 21.8 Å². The summed E-state index contributed by atoms with van der Waals surface area (Å²) in [4.78, 5) is 31.4. The maximum atomic E-state index is 12.7. The predicted octanol–water partition coefficient (Wildman–Crippen LogP) is 0.483. The minimum atomic E-state index is -1.05. The fraction of sp³-hybridized carbons (Fsp3) is 0.0435. The molecule has 1 aliphatic carbocycles. The van der Waals surface area contributed by atoms with Gasteiger partial charge in [0.1, 0.15) is 0 Å². The number of aromatic amines is 2. The molecule has 3 N–H and O–H groups in total. The van der Waals surface area contributed by atoms with Gasteiger partial charge in [-0.25, -0.2) is 9.59 Å². The van der Waals surface area contributed by atoms with Gasteiger partial charge in [-0.05, 0) is 24.3 Å². The number of para-hydroxylation sites is 2. The molecule has 0 unspecified atom stereocenters. The molecule has 6 nitrogen and oxygen atoms in total. The second-order valence-electron chi connectivity index (χ2n) is 6.83. The third-order valence-electron chi connectivity index (χ3n) is 5.24. The van der Waals surface area contributed by atoms with E-state index in [1.165, 1.54) is 7.11 Å². The molecule has 0 fully saturated rings. The summed E-state index contributed by atoms with van der Waals surface area (Å²) in [5, 5.41) is 13.9. The molecule has 0 saturated carbocycles. The number of nitrogens with one attached hydrogen (secondary N) is 2. The summed E-state index contributed by atoms with van der Waals surface area (Å²) in [5.74, 6) is -1.55. The predicted molar refractivity (Wildman–Crippen MR) is 110 cm³/mol. The number of benzene rings is 2. The Morgan fingerprint density at radius 3 is 1.79 bits per heavy atom. The molecule has 0 aliphatic heterocycles. The Labute approximate surface area is 163 Å². The molecule has 2 heterocycles. The summed E-state index contributed by atoms with van der Waals surface area (Å²) in [7, 11) is 1.33. The first kappa shape index (κ1) is 17.1. The lowest BCUT2D eigenvalue weighted by molar-refractivity contribution is -0.133. The lowest BCUT2D eigenvalue weighted by Crippen LogP contribution is -2.36. The van der Waals surface area contributed by atoms with Gasteiger partial charge in [0.2, 0.25) is 0 Å². The van der Waals surface area contributed by atoms with Crippen LogP contribution in [0.1, 0.15) is 0 Å². The van der Waals surface area contributed by atoms with Crippen molar-refractivity contribution in [3.8, 4) is 0 Å². The standard InChI is InChI=1S/C23H16N2O4/c1-29-23(28)17-11-15-13-7-3-4-8-18(13)24-20(15)16(22(26)27)10-14-12-6-2-5-9-19(12)25-21(14)17/h2-11,24-25H,1H3,(H,26,27)/b14-10-,15-11-,16-10?,17-11?,20-16-,21-17-. The van der Waals surface area contributed by atoms with Gasteiger partial charge in [0.05, 0.1) is 29.0 Å². The fourth-order valence-electron chi connectivity index (χ4n) is 3.92. The van der Waals surface area contributed by atoms with Crippen molar-refractivity contribution < 1.29 is 19.4 Å². The zero-order valence-electron chi connectivity index (χ0n) is 15.4. The van der Waals surface area contributed by atoms with Crippen molar-refractivity contribution in [3.63, 3.8) is 0 Å². The number of carbonyl (C=O) groups excluding carboxylic acids is 1. The second kappa shape index (κ2) is 6.24. The summed E-state index contributed by atoms with van der Waals surface area (Å²) in [6.45, 7) is 0. The van der Waals surface area contributed by atoms with E-state index in [4.69, 9.17) is 4.74 Å². The van der Waals surface area contributed by atoms with Crippen LogP contribution in [0.3, 0.4) is 0 Å². The normalized spacial score (nSPS) is 19.2. The van der Waals surface area contributed by atoms with Gasteiger partial charge in [-0.3, -0.25) is 0 Å². The summed E-state index contributed by atoms with van der Waals surface area (Å²) in [6, 6.07) is 15.0. The molecule has 4 aromatic rings. The monoisotopic (exact) mass is 384 g/mol. The molecule has 0 amide bonds. The maximum absolute atomic E-state index is 12.7. The number of methoxy groups -OCH3 is 1. The van der Waals surface area contributed by atoms with Crippen LogP contribution >= 0.6 is 0 Å². The van der Waals surface area contributed by atoms with Gasteiger partial charge in [0.25, 0.3) is 0 Å². The zero-order chi connectivity index (χ0) is 20.1. The van der Waals surface area contributed by atoms with E-state index in [1.807, 2.05) is 48.5 Å². The van der Waals surface area contributed by atoms with E-state index >= 15 is 0 Å². The highest BCUT2D eigenvalue weighted by Gasteiger charge is 2.18. The number of rotatable bonds is 2. The first-order chi connectivity index (χ1) is 14.1. The average molecular weight is 384 g/mol. The number of aromatic nitrogens is 2. The van der Waals surface area contributed by atoms with Crippen LogP contribution in [0.5, 0.6) is 0 Å². The van der Waals surface area contributed by atoms with Gasteiger partial charge in [-0.2, -0.15) is 0 Å². The molecule has 1 aliphatic rings. The number of carboxylic acid groups (broad SMARTS) is 1. The largest absolute Gasteiger partial charge is 0.478 e. The molecule has 6 heteroatoms. The Kier molecular flexibility index (Phi) is 3.67. The van der Waals surface area contributed by atoms with Gasteiger partial charge in [0, 0.05) is 32.2 Å². The molecule has 0 spiro atoms. The average Bonchev–Trinajstić information content (AvgIpc) is 3.25. The molecular weight excluding hydrogens is 368 g/mol. The fourth-order valence-corrected chi connectivity index (χ4v) is 3.92. The molecule has 0 saturated heterocycles. The minimum Gasteiger partial charge on any atom is -0.478 e. The highest BCUT2D eigenvalue weighted by Crippen LogP contribution is 2.11. The van der Waals surface area contributed by atoms with Crippen LogP contribution in [0.2, 0.25) is 0 Å². The Hall–Kier alpha value is -4.06. The van der Waals surface area contributed by atoms with Crippen molar-refractivity contribution in [1.82, 2.24) is 9.97 Å². The third-order valence-corrected chi connectivity index (χ3v) is 5.24. The van der Waals surface area contributed by atoms with Crippen molar-refractivity contribution in [2.24, 2.45) is 0 Å². The number of hydrogen-bond donors (Lipinski definition) is 3. The highest BCUT2D eigenvalue weighted by atomic mass is 16.5. The topological polar surface area (TPSA) is 95.2 Å². The van der Waals surface area contributed by atoms with E-state index in [-0.39, 0.29) is 5.57 Å². The number of esters is 1. The third kappa shape index (κ3) is 2.50. The SMILES string of the molecule is COC(=O)C1=c2\[nH]c3ccccc3\c2=C\C(C(=O)O)=c2\[nH]c3ccccc3\c2=C\1. The Morgan fingerprint density at radius 2 is 1.28 bits per heavy atom. The Morgan fingerprint density at radius 1 is 0.793 bits per heavy atom. The molecule has 2 aromatic carbocycles. The quantitative estimate of drug-likeness (QED) is 0.438. The number of carbonyl (C=O) groups is 2. The number of aliphatic carboxylic acids is 1. The van der Waals surface area contributed by atoms with Crippen LogP contribution < -0.4 is 21.1 Å². The van der Waals surface area contributed by atoms with Crippen molar-refractivity contribution in [2.75, 3.05) is 7.11 Å². The zero-order valence-corrected chi connectivity index (χ0v) is 15.4. The number of hydrogen-bond acceptors (Lipinski definition) is 3. The van der Waals surface area contributed by atoms with Gasteiger partial charge in [0.15, 0.2) is 0 Å². The number of fused-ring (bicyclic) bond motifs is 6. The van der Waals surface area contributed by atoms with E-state index in [1.54, 1.807) is 12.2 Å². The van der Waals surface area contributed by atoms with Gasteiger partial charge in [-0.15, -0.1) is 0 Å². The van der Waals surface area contributed by atoms with Gasteiger partial charge >= 0.3 is 11.9 Å². The molecule has 142 valence electrons. The molecule has 0 bridgehead atoms. The van der Waals surface area contributed by atoms with Crippen LogP contribution in [0, 0.1) is 0 Å². The molecule has 0 atom stereocenters. The smallest absolute Gasteiger partial charge is 0.340 e. The van der Waals surface area contributed by atoms with Gasteiger partial charge in [-0.1, -0.05) is 36.4 Å². The van der Waals surface area contributed by atoms with Gasteiger partial charge < -0.3 is 19.8 Å². The maximum Gasteiger partial charge on any atom is 0.340 e. The molecule has 0 radical (unpaired) electrons. The van der Waals surface area contributed by atoms with Crippen LogP contribution in [-0.2, 0) is 14.3 Å². The summed E-state index contributed by atoms with van der Waals surface area (Å²) in [6.07, 6.45) is 3.31. The summed E-state index contributed by atoms with van der Waals surface area (Å²) in [5.41, 5.74) is 2.07. The van der Waals surface area contributed by atoms with Crippen molar-refractivity contribution in [1.29, 1.82) is 0 Å². The highest BCUT2D eigenvalue weighted by molar-refractivity contribution is 6.24. The van der Waals surface area contributed by atoms with E-state index in [9.17, 15) is 14.7 Å². The summed E-state index contributed by atoms with van der Waals surface area (Å²) < 4.78 is 5.04. The lowest BCUT2D eigenvalue weighted by atomic mass is 10.0. The van der Waals surface area contributed by atoms with Crippen LogP contribution in [0.15, 0.2) is 48.5 Å². The number of H-pyrrole nitrogens is 2. The lowest BCUT2D eigenvalue weighted by Gasteiger charge is -2.02. The Balaban J connectivity index is 2.12. The van der Waals surface area contributed by atoms with Crippen LogP contribution in [0.25, 0.3) is 45.1 Å². The number of carboxylic acids is 1. The Bertz CT molecular complexity index is 1590. The molecular formula is C23H16N2O4. The van der Waals surface area contributed by atoms with E-state index in [0.29, 0.717) is 26.7 Å². The van der Waals surface area contributed by atoms with Crippen molar-refractivity contribution >= 4 is 57.0 Å². The van der Waals surface area contributed by atoms with Crippen molar-refractivity contribution in [3.05, 3.63) is 69.7 Å². The van der Waals surface area contributed by atoms with Crippen LogP contribution in [-0.4, -0.2) is 34.1 Å². The minimum absolute atomic E-state index is 0.127. The summed E-state index contributed by atoms with van der Waals surface area (Å²) >= 11 is 0. The molecule has 29 heavy (non-hydrogen) atoms. The van der Waals surface area contributed by atoms with E-state index in [2.05, 4.69) is 9.97 Å². The molecule has 2 aromatic heterocycles. The first-order valence-corrected chi connectivity index (χ1v) is 9.05. The second-order valence-corrected chi connectivity index (χ2v) is 6.83. The number of ether oxygens (including phenoxy) is 1. The van der Waals surface area contributed by atoms with Crippen molar-refractivity contribution in [2.45, 2.75) is 0 Å². The first-order valence-electron chi connectivity index (χ1n) is 9.05.